The van der Waals surface area contributed by atoms with Crippen LogP contribution in [0.1, 0.15) is 23.2 Å². The molecule has 2 saturated heterocycles. The molecule has 46 heavy (non-hydrogen) atoms. The predicted molar refractivity (Wildman–Crippen MR) is 179 cm³/mol. The molecule has 3 aromatic heterocycles. The number of nitrogens with one attached hydrogen (secondary N) is 4. The lowest BCUT2D eigenvalue weighted by atomic mass is 10.0. The van der Waals surface area contributed by atoms with Crippen molar-refractivity contribution in [1.29, 1.82) is 0 Å². The van der Waals surface area contributed by atoms with Crippen LogP contribution < -0.4 is 48.8 Å². The quantitative estimate of drug-likeness (QED) is 0.132. The highest BCUT2D eigenvalue weighted by Gasteiger charge is 2.30. The number of nitrogens with two attached hydrogens (primary N) is 4. The average molecular weight is 624 g/mol. The Morgan fingerprint density at radius 2 is 1.43 bits per heavy atom. The standard InChI is InChI=1S/C31H37N13O2/c32-16-9-17(33)13-43(12-16)28-25-27(41-31(42-28)44-14-18(34)10-19(35)15-44)40-30(39-25)38-21-7-5-20(6-8-21)37-29(46)23-11-36-24-4-2-1-3-22(24)26(23)45/h1-8,11,16-19H,9-10,12-15,32-35H2,(H,36,45)(H,37,46)(H2,38,39,40,41,42)/t16-,17+,18-,19+. The number of carbonyl (C=O) groups excluding carboxylic acids is 1. The van der Waals surface area contributed by atoms with Gasteiger partial charge < -0.3 is 53.3 Å². The molecule has 0 aliphatic carbocycles. The van der Waals surface area contributed by atoms with E-state index >= 15 is 0 Å². The zero-order chi connectivity index (χ0) is 31.9. The van der Waals surface area contributed by atoms with Crippen LogP contribution >= 0.6 is 0 Å². The minimum Gasteiger partial charge on any atom is -0.360 e. The number of aromatic amines is 2. The van der Waals surface area contributed by atoms with Crippen molar-refractivity contribution in [3.63, 3.8) is 0 Å². The van der Waals surface area contributed by atoms with Gasteiger partial charge in [0.25, 0.3) is 5.91 Å². The first-order chi connectivity index (χ1) is 22.2. The van der Waals surface area contributed by atoms with Gasteiger partial charge in [-0.1, -0.05) is 12.1 Å². The van der Waals surface area contributed by atoms with Crippen molar-refractivity contribution >= 4 is 57.1 Å². The Morgan fingerprint density at radius 1 is 0.804 bits per heavy atom. The van der Waals surface area contributed by atoms with E-state index in [9.17, 15) is 9.59 Å². The maximum Gasteiger partial charge on any atom is 0.261 e. The molecule has 2 aliphatic heterocycles. The number of anilines is 5. The largest absolute Gasteiger partial charge is 0.360 e. The Balaban J connectivity index is 1.13. The van der Waals surface area contributed by atoms with Crippen LogP contribution in [0.25, 0.3) is 22.1 Å². The number of piperidine rings is 2. The van der Waals surface area contributed by atoms with E-state index in [2.05, 4.69) is 25.5 Å². The van der Waals surface area contributed by atoms with Crippen molar-refractivity contribution in [3.8, 4) is 0 Å². The first-order valence-corrected chi connectivity index (χ1v) is 15.3. The number of aromatic nitrogens is 5. The second-order valence-electron chi connectivity index (χ2n) is 12.2. The summed E-state index contributed by atoms with van der Waals surface area (Å²) in [5, 5.41) is 6.52. The van der Waals surface area contributed by atoms with Crippen molar-refractivity contribution in [2.45, 2.75) is 37.0 Å². The first-order valence-electron chi connectivity index (χ1n) is 15.3. The number of nitrogens with zero attached hydrogens (tertiary/aromatic N) is 5. The maximum absolute atomic E-state index is 12.9. The summed E-state index contributed by atoms with van der Waals surface area (Å²) in [5.41, 5.74) is 28.0. The van der Waals surface area contributed by atoms with E-state index < -0.39 is 5.91 Å². The lowest BCUT2D eigenvalue weighted by Crippen LogP contribution is -2.53. The highest BCUT2D eigenvalue weighted by molar-refractivity contribution is 6.05. The molecule has 5 aromatic rings. The molecular weight excluding hydrogens is 586 g/mol. The minimum atomic E-state index is -0.500. The molecule has 0 bridgehead atoms. The molecule has 12 N–H and O–H groups in total. The lowest BCUT2D eigenvalue weighted by molar-refractivity contribution is 0.102. The fraction of sp³-hybridized carbons (Fsp3) is 0.323. The molecule has 15 nitrogen and oxygen atoms in total. The third kappa shape index (κ3) is 5.95. The number of rotatable bonds is 6. The Bertz CT molecular complexity index is 1940. The Labute approximate surface area is 263 Å². The van der Waals surface area contributed by atoms with E-state index in [0.29, 0.717) is 77.3 Å². The lowest BCUT2D eigenvalue weighted by Gasteiger charge is -2.37. The molecule has 15 heteroatoms. The predicted octanol–water partition coefficient (Wildman–Crippen LogP) is 0.920. The number of fused-ring (bicyclic) bond motifs is 2. The molecule has 2 aromatic carbocycles. The summed E-state index contributed by atoms with van der Waals surface area (Å²) >= 11 is 0. The average Bonchev–Trinajstić information content (AvgIpc) is 3.43. The normalized spacial score (nSPS) is 21.9. The van der Waals surface area contributed by atoms with Gasteiger partial charge in [0.05, 0.1) is 0 Å². The SMILES string of the molecule is N[C@@H]1C[C@H](N)CN(c2nc(N3C[C@H](N)C[C@H](N)C3)c3[nH]c(Nc4ccc(NC(=O)c5c[nH]c6ccccc6c5=O)cc4)nc3n2)C1. The van der Waals surface area contributed by atoms with E-state index in [1.807, 2.05) is 11.0 Å². The number of carbonyl (C=O) groups is 1. The minimum absolute atomic E-state index is 0.0311. The van der Waals surface area contributed by atoms with Crippen LogP contribution in [0, 0.1) is 0 Å². The monoisotopic (exact) mass is 623 g/mol. The summed E-state index contributed by atoms with van der Waals surface area (Å²) in [6.07, 6.45) is 2.90. The second kappa shape index (κ2) is 12.0. The Morgan fingerprint density at radius 3 is 2.13 bits per heavy atom. The summed E-state index contributed by atoms with van der Waals surface area (Å²) in [4.78, 5) is 50.7. The first kappa shape index (κ1) is 29.6. The molecule has 0 unspecified atom stereocenters. The fourth-order valence-electron chi connectivity index (χ4n) is 6.30. The molecular formula is C31H37N13O2. The summed E-state index contributed by atoms with van der Waals surface area (Å²) in [6.45, 7) is 2.37. The third-order valence-electron chi connectivity index (χ3n) is 8.37. The van der Waals surface area contributed by atoms with E-state index in [1.165, 1.54) is 6.20 Å². The van der Waals surface area contributed by atoms with E-state index in [4.69, 9.17) is 37.9 Å². The maximum atomic E-state index is 12.9. The van der Waals surface area contributed by atoms with Crippen LogP contribution in [0.15, 0.2) is 59.5 Å². The van der Waals surface area contributed by atoms with E-state index in [1.54, 1.807) is 42.5 Å². The smallest absolute Gasteiger partial charge is 0.261 e. The van der Waals surface area contributed by atoms with Gasteiger partial charge in [-0.05, 0) is 49.2 Å². The van der Waals surface area contributed by atoms with Gasteiger partial charge in [0.1, 0.15) is 11.1 Å². The number of amides is 1. The number of H-pyrrole nitrogens is 2. The number of para-hydroxylation sites is 1. The van der Waals surface area contributed by atoms with E-state index in [-0.39, 0.29) is 35.2 Å². The molecule has 238 valence electrons. The van der Waals surface area contributed by atoms with Crippen LogP contribution in [-0.4, -0.2) is 81.2 Å². The van der Waals surface area contributed by atoms with Gasteiger partial charge in [-0.2, -0.15) is 15.0 Å². The van der Waals surface area contributed by atoms with Gasteiger partial charge in [0.15, 0.2) is 11.5 Å². The highest BCUT2D eigenvalue weighted by Crippen LogP contribution is 2.30. The zero-order valence-corrected chi connectivity index (χ0v) is 25.1. The van der Waals surface area contributed by atoms with Crippen molar-refractivity contribution < 1.29 is 4.79 Å². The van der Waals surface area contributed by atoms with E-state index in [0.717, 1.165) is 12.8 Å². The summed E-state index contributed by atoms with van der Waals surface area (Å²) in [5.74, 6) is 1.13. The molecule has 0 spiro atoms. The molecule has 2 aliphatic rings. The highest BCUT2D eigenvalue weighted by atomic mass is 16.2. The van der Waals surface area contributed by atoms with Crippen molar-refractivity contribution in [2.24, 2.45) is 22.9 Å². The molecule has 1 amide bonds. The van der Waals surface area contributed by atoms with Crippen LogP contribution in [0.4, 0.5) is 29.1 Å². The van der Waals surface area contributed by atoms with Gasteiger partial charge in [-0.3, -0.25) is 9.59 Å². The summed E-state index contributed by atoms with van der Waals surface area (Å²) in [7, 11) is 0. The molecule has 5 heterocycles. The van der Waals surface area contributed by atoms with Crippen molar-refractivity contribution in [2.75, 3.05) is 46.6 Å². The topological polar surface area (TPSA) is 239 Å². The van der Waals surface area contributed by atoms with Gasteiger partial charge >= 0.3 is 0 Å². The fourth-order valence-corrected chi connectivity index (χ4v) is 6.30. The van der Waals surface area contributed by atoms with Gasteiger partial charge in [-0.25, -0.2) is 0 Å². The Kier molecular flexibility index (Phi) is 7.74. The molecule has 7 rings (SSSR count). The number of imidazole rings is 1. The molecule has 4 atom stereocenters. The number of hydrogen-bond acceptors (Lipinski definition) is 12. The summed E-state index contributed by atoms with van der Waals surface area (Å²) < 4.78 is 0. The third-order valence-corrected chi connectivity index (χ3v) is 8.37. The Hall–Kier alpha value is -5.09. The number of hydrogen-bond donors (Lipinski definition) is 8. The van der Waals surface area contributed by atoms with Gasteiger partial charge in [-0.15, -0.1) is 0 Å². The van der Waals surface area contributed by atoms with Crippen LogP contribution in [0.5, 0.6) is 0 Å². The molecule has 0 saturated carbocycles. The van der Waals surface area contributed by atoms with Crippen LogP contribution in [-0.2, 0) is 0 Å². The molecule has 2 fully saturated rings. The summed E-state index contributed by atoms with van der Waals surface area (Å²) in [6, 6.07) is 13.8. The zero-order valence-electron chi connectivity index (χ0n) is 25.1. The van der Waals surface area contributed by atoms with Gasteiger partial charge in [0, 0.05) is 78.8 Å². The van der Waals surface area contributed by atoms with Gasteiger partial charge in [0.2, 0.25) is 17.3 Å². The number of benzene rings is 2. The second-order valence-corrected chi connectivity index (χ2v) is 12.2. The van der Waals surface area contributed by atoms with Crippen molar-refractivity contribution in [3.05, 3.63) is 70.5 Å². The molecule has 0 radical (unpaired) electrons. The van der Waals surface area contributed by atoms with Crippen molar-refractivity contribution in [1.82, 2.24) is 24.9 Å². The number of pyridine rings is 1. The van der Waals surface area contributed by atoms with Crippen LogP contribution in [0.3, 0.4) is 0 Å². The van der Waals surface area contributed by atoms with Crippen LogP contribution in [0.2, 0.25) is 0 Å².